The first-order valence-corrected chi connectivity index (χ1v) is 12.8. The zero-order valence-corrected chi connectivity index (χ0v) is 21.5. The normalized spacial score (nSPS) is 26.1. The van der Waals surface area contributed by atoms with Gasteiger partial charge in [-0.25, -0.2) is 0 Å². The van der Waals surface area contributed by atoms with Crippen LogP contribution in [0, 0.1) is 5.92 Å². The van der Waals surface area contributed by atoms with Crippen molar-refractivity contribution in [1.29, 1.82) is 0 Å². The molecule has 0 spiro atoms. The number of aliphatic hydroxyl groups is 2. The van der Waals surface area contributed by atoms with Crippen molar-refractivity contribution in [3.8, 4) is 11.5 Å². The molecule has 5 atom stereocenters. The first-order valence-electron chi connectivity index (χ1n) is 12.8. The summed E-state index contributed by atoms with van der Waals surface area (Å²) in [7, 11) is 1.45. The van der Waals surface area contributed by atoms with E-state index in [1.54, 1.807) is 17.0 Å². The zero-order chi connectivity index (χ0) is 26.7. The number of carbonyl (C=O) groups excluding carboxylic acids is 3. The van der Waals surface area contributed by atoms with Crippen LogP contribution >= 0.6 is 0 Å². The zero-order valence-electron chi connectivity index (χ0n) is 21.5. The van der Waals surface area contributed by atoms with Crippen LogP contribution in [0.4, 0.5) is 0 Å². The Bertz CT molecular complexity index is 1050. The van der Waals surface area contributed by atoms with Crippen LogP contribution in [-0.2, 0) is 14.3 Å². The molecular weight excluding hydrogens is 480 g/mol. The van der Waals surface area contributed by atoms with Crippen LogP contribution in [0.25, 0.3) is 0 Å². The molecule has 1 aliphatic carbocycles. The molecule has 1 saturated heterocycles. The summed E-state index contributed by atoms with van der Waals surface area (Å²) >= 11 is 0. The van der Waals surface area contributed by atoms with Crippen molar-refractivity contribution in [2.24, 2.45) is 5.92 Å². The molecule has 0 radical (unpaired) electrons. The number of benzene rings is 1. The molecule has 3 aliphatic rings. The molecule has 3 N–H and O–H groups in total. The van der Waals surface area contributed by atoms with Gasteiger partial charge in [-0.3, -0.25) is 14.4 Å². The molecule has 202 valence electrons. The Labute approximate surface area is 216 Å². The Hall–Kier alpha value is -2.95. The summed E-state index contributed by atoms with van der Waals surface area (Å²) < 4.78 is 17.5. The number of hydrogen-bond acceptors (Lipinski definition) is 8. The Balaban J connectivity index is 1.78. The van der Waals surface area contributed by atoms with Crippen molar-refractivity contribution in [2.45, 2.75) is 63.4 Å². The Morgan fingerprint density at radius 3 is 2.73 bits per heavy atom. The number of hydrogen-bond donors (Lipinski definition) is 3. The SMILES string of the molecule is COc1cc(C=O)cc2c1OC1C2C(C(=O)NCCO)=CC(N(CC2CCCO2)C(=O)CC(C)C)C1O. The molecule has 1 fully saturated rings. The Morgan fingerprint density at radius 1 is 1.32 bits per heavy atom. The average Bonchev–Trinajstić information content (AvgIpc) is 3.53. The van der Waals surface area contributed by atoms with E-state index in [0.717, 1.165) is 12.8 Å². The van der Waals surface area contributed by atoms with Gasteiger partial charge in [-0.2, -0.15) is 0 Å². The quantitative estimate of drug-likeness (QED) is 0.395. The number of nitrogens with zero attached hydrogens (tertiary/aromatic N) is 1. The minimum atomic E-state index is -1.16. The highest BCUT2D eigenvalue weighted by Crippen LogP contribution is 2.51. The molecule has 5 unspecified atom stereocenters. The predicted molar refractivity (Wildman–Crippen MR) is 134 cm³/mol. The second-order valence-corrected chi connectivity index (χ2v) is 10.2. The van der Waals surface area contributed by atoms with Crippen molar-refractivity contribution in [1.82, 2.24) is 10.2 Å². The molecule has 1 aromatic carbocycles. The number of carbonyl (C=O) groups is 3. The molecule has 1 aromatic rings. The van der Waals surface area contributed by atoms with E-state index in [4.69, 9.17) is 14.2 Å². The molecule has 4 rings (SSSR count). The van der Waals surface area contributed by atoms with Gasteiger partial charge in [0.2, 0.25) is 11.8 Å². The minimum Gasteiger partial charge on any atom is -0.493 e. The first-order chi connectivity index (χ1) is 17.8. The van der Waals surface area contributed by atoms with Crippen molar-refractivity contribution in [2.75, 3.05) is 33.4 Å². The van der Waals surface area contributed by atoms with E-state index >= 15 is 0 Å². The third kappa shape index (κ3) is 5.51. The van der Waals surface area contributed by atoms with Gasteiger partial charge in [0.1, 0.15) is 18.5 Å². The second kappa shape index (κ2) is 11.6. The number of aldehydes is 1. The molecule has 2 aliphatic heterocycles. The van der Waals surface area contributed by atoms with Crippen LogP contribution in [0.1, 0.15) is 54.9 Å². The number of rotatable bonds is 10. The van der Waals surface area contributed by atoms with E-state index in [9.17, 15) is 24.6 Å². The smallest absolute Gasteiger partial charge is 0.247 e. The van der Waals surface area contributed by atoms with Crippen molar-refractivity contribution < 1.29 is 38.8 Å². The van der Waals surface area contributed by atoms with Crippen molar-refractivity contribution in [3.05, 3.63) is 34.9 Å². The lowest BCUT2D eigenvalue weighted by Gasteiger charge is -2.41. The lowest BCUT2D eigenvalue weighted by atomic mass is 9.77. The summed E-state index contributed by atoms with van der Waals surface area (Å²) in [6.45, 7) is 4.61. The fourth-order valence-electron chi connectivity index (χ4n) is 5.42. The molecule has 2 heterocycles. The van der Waals surface area contributed by atoms with E-state index < -0.39 is 30.1 Å². The average molecular weight is 517 g/mol. The highest BCUT2D eigenvalue weighted by molar-refractivity contribution is 5.96. The third-order valence-electron chi connectivity index (χ3n) is 7.10. The van der Waals surface area contributed by atoms with Gasteiger partial charge < -0.3 is 34.6 Å². The van der Waals surface area contributed by atoms with Gasteiger partial charge in [0.25, 0.3) is 0 Å². The van der Waals surface area contributed by atoms with Crippen LogP contribution in [0.15, 0.2) is 23.8 Å². The summed E-state index contributed by atoms with van der Waals surface area (Å²) in [6.07, 6.45) is 2.09. The highest BCUT2D eigenvalue weighted by atomic mass is 16.5. The van der Waals surface area contributed by atoms with Crippen molar-refractivity contribution in [3.63, 3.8) is 0 Å². The van der Waals surface area contributed by atoms with E-state index in [0.29, 0.717) is 41.1 Å². The maximum absolute atomic E-state index is 13.4. The fourth-order valence-corrected chi connectivity index (χ4v) is 5.42. The molecule has 0 aromatic heterocycles. The number of amides is 2. The maximum atomic E-state index is 13.4. The van der Waals surface area contributed by atoms with Gasteiger partial charge in [0, 0.05) is 42.8 Å². The lowest BCUT2D eigenvalue weighted by molar-refractivity contribution is -0.140. The lowest BCUT2D eigenvalue weighted by Crippen LogP contribution is -2.57. The van der Waals surface area contributed by atoms with E-state index in [1.165, 1.54) is 13.2 Å². The van der Waals surface area contributed by atoms with Gasteiger partial charge in [-0.15, -0.1) is 0 Å². The highest BCUT2D eigenvalue weighted by Gasteiger charge is 2.51. The maximum Gasteiger partial charge on any atom is 0.247 e. The minimum absolute atomic E-state index is 0.0398. The fraction of sp³-hybridized carbons (Fsp3) is 0.593. The molecule has 0 bridgehead atoms. The molecule has 10 heteroatoms. The van der Waals surface area contributed by atoms with Gasteiger partial charge in [0.15, 0.2) is 11.5 Å². The third-order valence-corrected chi connectivity index (χ3v) is 7.10. The topological polar surface area (TPSA) is 135 Å². The molecule has 2 amide bonds. The van der Waals surface area contributed by atoms with Crippen LogP contribution in [0.2, 0.25) is 0 Å². The molecule has 0 saturated carbocycles. The summed E-state index contributed by atoms with van der Waals surface area (Å²) in [6, 6.07) is 2.33. The first kappa shape index (κ1) is 27.1. The Morgan fingerprint density at radius 2 is 2.11 bits per heavy atom. The molecular formula is C27H36N2O8. The molecule has 10 nitrogen and oxygen atoms in total. The number of nitrogens with one attached hydrogen (secondary N) is 1. The number of ether oxygens (including phenoxy) is 3. The van der Waals surface area contributed by atoms with Crippen LogP contribution < -0.4 is 14.8 Å². The summed E-state index contributed by atoms with van der Waals surface area (Å²) in [5.74, 6) is -0.513. The number of fused-ring (bicyclic) bond motifs is 3. The van der Waals surface area contributed by atoms with Crippen LogP contribution in [0.3, 0.4) is 0 Å². The van der Waals surface area contributed by atoms with Crippen molar-refractivity contribution >= 4 is 18.1 Å². The van der Waals surface area contributed by atoms with Crippen LogP contribution in [-0.4, -0.2) is 91.0 Å². The van der Waals surface area contributed by atoms with Gasteiger partial charge >= 0.3 is 0 Å². The Kier molecular flexibility index (Phi) is 8.51. The summed E-state index contributed by atoms with van der Waals surface area (Å²) in [5.41, 5.74) is 1.19. The van der Waals surface area contributed by atoms with Gasteiger partial charge in [-0.05, 0) is 37.0 Å². The second-order valence-electron chi connectivity index (χ2n) is 10.2. The molecule has 37 heavy (non-hydrogen) atoms. The number of methoxy groups -OCH3 is 1. The van der Waals surface area contributed by atoms with Gasteiger partial charge in [0.05, 0.1) is 31.8 Å². The number of aliphatic hydroxyl groups excluding tert-OH is 2. The van der Waals surface area contributed by atoms with E-state index in [1.807, 2.05) is 13.8 Å². The largest absolute Gasteiger partial charge is 0.493 e. The van der Waals surface area contributed by atoms with Gasteiger partial charge in [-0.1, -0.05) is 13.8 Å². The van der Waals surface area contributed by atoms with E-state index in [2.05, 4.69) is 5.32 Å². The van der Waals surface area contributed by atoms with Crippen LogP contribution in [0.5, 0.6) is 11.5 Å². The summed E-state index contributed by atoms with van der Waals surface area (Å²) in [5, 5.41) is 23.6. The predicted octanol–water partition coefficient (Wildman–Crippen LogP) is 1.18. The monoisotopic (exact) mass is 516 g/mol. The summed E-state index contributed by atoms with van der Waals surface area (Å²) in [4.78, 5) is 40.0. The van der Waals surface area contributed by atoms with E-state index in [-0.39, 0.29) is 44.0 Å². The standard InChI is InChI=1S/C27H36N2O8/c1-15(2)9-22(32)29(13-17-5-4-8-36-17)20-12-19(27(34)28-6-7-30)23-18-10-16(14-31)11-21(35-3)25(18)37-26(23)24(20)33/h10-12,14-15,17,20,23-24,26,30,33H,4-9,13H2,1-3H3,(H,28,34).